The molecule has 3 rings (SSSR count). The topological polar surface area (TPSA) is 94.8 Å². The van der Waals surface area contributed by atoms with E-state index in [0.29, 0.717) is 32.3 Å². The number of fused-ring (bicyclic) bond motifs is 1. The predicted molar refractivity (Wildman–Crippen MR) is 110 cm³/mol. The molecule has 1 N–H and O–H groups in total. The fourth-order valence-corrected chi connectivity index (χ4v) is 4.16. The Morgan fingerprint density at radius 3 is 2.66 bits per heavy atom. The van der Waals surface area contributed by atoms with Gasteiger partial charge in [0.25, 0.3) is 0 Å². The molecule has 0 radical (unpaired) electrons. The molecule has 2 aromatic heterocycles. The maximum atomic E-state index is 12.7. The Hall–Kier alpha value is -3.13. The molecule has 0 atom stereocenters. The number of benzene rings is 1. The number of carbonyl (C=O) groups is 3. The van der Waals surface area contributed by atoms with Crippen molar-refractivity contribution in [2.45, 2.75) is 27.2 Å². The van der Waals surface area contributed by atoms with Crippen LogP contribution in [0.25, 0.3) is 11.0 Å². The van der Waals surface area contributed by atoms with Crippen molar-refractivity contribution in [2.75, 3.05) is 19.0 Å². The van der Waals surface area contributed by atoms with E-state index in [1.54, 1.807) is 39.2 Å². The van der Waals surface area contributed by atoms with Crippen LogP contribution in [0.5, 0.6) is 5.75 Å². The first-order valence-electron chi connectivity index (χ1n) is 9.01. The molecule has 0 spiro atoms. The van der Waals surface area contributed by atoms with E-state index in [1.165, 1.54) is 13.2 Å². The van der Waals surface area contributed by atoms with Crippen molar-refractivity contribution in [3.05, 3.63) is 46.0 Å². The van der Waals surface area contributed by atoms with Crippen LogP contribution in [0, 0.1) is 6.92 Å². The van der Waals surface area contributed by atoms with Crippen molar-refractivity contribution >= 4 is 45.0 Å². The lowest BCUT2D eigenvalue weighted by atomic mass is 10.1. The predicted octanol–water partition coefficient (Wildman–Crippen LogP) is 4.37. The average molecular weight is 415 g/mol. The molecule has 0 fully saturated rings. The van der Waals surface area contributed by atoms with Gasteiger partial charge in [-0.05, 0) is 44.5 Å². The summed E-state index contributed by atoms with van der Waals surface area (Å²) in [7, 11) is 1.57. The van der Waals surface area contributed by atoms with E-state index in [9.17, 15) is 14.4 Å². The van der Waals surface area contributed by atoms with E-state index in [1.807, 2.05) is 0 Å². The van der Waals surface area contributed by atoms with Crippen LogP contribution in [0.15, 0.2) is 28.9 Å². The molecule has 152 valence electrons. The van der Waals surface area contributed by atoms with Crippen LogP contribution >= 0.6 is 11.3 Å². The second-order valence-electron chi connectivity index (χ2n) is 6.38. The van der Waals surface area contributed by atoms with E-state index >= 15 is 0 Å². The van der Waals surface area contributed by atoms with Gasteiger partial charge in [0.1, 0.15) is 16.3 Å². The quantitative estimate of drug-likeness (QED) is 0.455. The minimum atomic E-state index is -0.567. The number of nitrogens with one attached hydrogen (secondary N) is 1. The van der Waals surface area contributed by atoms with Crippen molar-refractivity contribution in [1.82, 2.24) is 0 Å². The van der Waals surface area contributed by atoms with Gasteiger partial charge in [-0.3, -0.25) is 9.59 Å². The highest BCUT2D eigenvalue weighted by atomic mass is 32.1. The molecule has 8 heteroatoms. The lowest BCUT2D eigenvalue weighted by Gasteiger charge is -2.07. The zero-order valence-corrected chi connectivity index (χ0v) is 17.4. The highest BCUT2D eigenvalue weighted by Gasteiger charge is 2.25. The number of ketones is 1. The van der Waals surface area contributed by atoms with Crippen molar-refractivity contribution in [3.8, 4) is 5.75 Å². The SMILES string of the molecule is CCOC(=O)c1c(NC(=O)Cc2coc3ccc(OC)cc23)sc(C(C)=O)c1C. The van der Waals surface area contributed by atoms with Crippen molar-refractivity contribution in [1.29, 1.82) is 0 Å². The van der Waals surface area contributed by atoms with Gasteiger partial charge >= 0.3 is 5.97 Å². The first-order chi connectivity index (χ1) is 13.8. The summed E-state index contributed by atoms with van der Waals surface area (Å²) in [5.41, 5.74) is 2.06. The van der Waals surface area contributed by atoms with Crippen LogP contribution in [-0.4, -0.2) is 31.4 Å². The summed E-state index contributed by atoms with van der Waals surface area (Å²) >= 11 is 1.07. The molecular formula is C21H21NO6S. The minimum Gasteiger partial charge on any atom is -0.497 e. The third-order valence-electron chi connectivity index (χ3n) is 4.41. The number of amides is 1. The number of hydrogen-bond acceptors (Lipinski definition) is 7. The van der Waals surface area contributed by atoms with Crippen LogP contribution in [-0.2, 0) is 16.0 Å². The molecule has 0 aliphatic heterocycles. The second-order valence-corrected chi connectivity index (χ2v) is 7.41. The van der Waals surface area contributed by atoms with Gasteiger partial charge in [0, 0.05) is 10.9 Å². The first kappa shape index (κ1) is 20.6. The average Bonchev–Trinajstić information content (AvgIpc) is 3.22. The van der Waals surface area contributed by atoms with Crippen LogP contribution in [0.1, 0.15) is 45.0 Å². The number of esters is 1. The van der Waals surface area contributed by atoms with E-state index in [-0.39, 0.29) is 30.3 Å². The van der Waals surface area contributed by atoms with Gasteiger partial charge in [-0.25, -0.2) is 4.79 Å². The summed E-state index contributed by atoms with van der Waals surface area (Å²) in [5, 5.41) is 3.83. The Morgan fingerprint density at radius 1 is 1.24 bits per heavy atom. The van der Waals surface area contributed by atoms with Crippen LogP contribution in [0.4, 0.5) is 5.00 Å². The van der Waals surface area contributed by atoms with Gasteiger partial charge in [-0.2, -0.15) is 0 Å². The summed E-state index contributed by atoms with van der Waals surface area (Å²) in [6.07, 6.45) is 1.56. The third kappa shape index (κ3) is 4.17. The normalized spacial score (nSPS) is 10.8. The summed E-state index contributed by atoms with van der Waals surface area (Å²) in [6.45, 7) is 4.98. The Kier molecular flexibility index (Phi) is 6.03. The van der Waals surface area contributed by atoms with Crippen molar-refractivity contribution in [2.24, 2.45) is 0 Å². The molecule has 0 bridgehead atoms. The van der Waals surface area contributed by atoms with Crippen molar-refractivity contribution < 1.29 is 28.3 Å². The van der Waals surface area contributed by atoms with Gasteiger partial charge in [-0.1, -0.05) is 0 Å². The van der Waals surface area contributed by atoms with E-state index in [2.05, 4.69) is 5.32 Å². The number of furan rings is 1. The lowest BCUT2D eigenvalue weighted by molar-refractivity contribution is -0.115. The van der Waals surface area contributed by atoms with E-state index < -0.39 is 5.97 Å². The monoisotopic (exact) mass is 415 g/mol. The van der Waals surface area contributed by atoms with E-state index in [0.717, 1.165) is 16.7 Å². The smallest absolute Gasteiger partial charge is 0.341 e. The highest BCUT2D eigenvalue weighted by Crippen LogP contribution is 2.34. The molecular weight excluding hydrogens is 394 g/mol. The van der Waals surface area contributed by atoms with Gasteiger partial charge < -0.3 is 19.2 Å². The number of methoxy groups -OCH3 is 1. The largest absolute Gasteiger partial charge is 0.497 e. The zero-order chi connectivity index (χ0) is 21.1. The van der Waals surface area contributed by atoms with Crippen molar-refractivity contribution in [3.63, 3.8) is 0 Å². The number of rotatable bonds is 7. The fraction of sp³-hybridized carbons (Fsp3) is 0.286. The maximum Gasteiger partial charge on any atom is 0.341 e. The number of thiophene rings is 1. The first-order valence-corrected chi connectivity index (χ1v) is 9.82. The number of hydrogen-bond donors (Lipinski definition) is 1. The molecule has 2 heterocycles. The van der Waals surface area contributed by atoms with Gasteiger partial charge in [0.15, 0.2) is 5.78 Å². The zero-order valence-electron chi connectivity index (χ0n) is 16.6. The fourth-order valence-electron chi connectivity index (χ4n) is 3.06. The summed E-state index contributed by atoms with van der Waals surface area (Å²) in [5.74, 6) is -0.420. The molecule has 0 unspecified atom stereocenters. The highest BCUT2D eigenvalue weighted by molar-refractivity contribution is 7.18. The molecule has 29 heavy (non-hydrogen) atoms. The summed E-state index contributed by atoms with van der Waals surface area (Å²) < 4.78 is 15.8. The number of anilines is 1. The second kappa shape index (κ2) is 8.48. The van der Waals surface area contributed by atoms with Gasteiger partial charge in [-0.15, -0.1) is 11.3 Å². The molecule has 1 amide bonds. The van der Waals surface area contributed by atoms with Crippen LogP contribution < -0.4 is 10.1 Å². The molecule has 0 saturated heterocycles. The molecule has 1 aromatic carbocycles. The van der Waals surface area contributed by atoms with E-state index in [4.69, 9.17) is 13.9 Å². The molecule has 7 nitrogen and oxygen atoms in total. The summed E-state index contributed by atoms with van der Waals surface area (Å²) in [6, 6.07) is 5.35. The standard InChI is InChI=1S/C21H21NO6S/c1-5-27-21(25)18-11(2)19(12(3)23)29-20(18)22-17(24)8-13-10-28-16-7-6-14(26-4)9-15(13)16/h6-7,9-10H,5,8H2,1-4H3,(H,22,24). The van der Waals surface area contributed by atoms with Gasteiger partial charge in [0.2, 0.25) is 5.91 Å². The Balaban J connectivity index is 1.88. The Bertz CT molecular complexity index is 1090. The minimum absolute atomic E-state index is 0.0365. The van der Waals surface area contributed by atoms with Crippen LogP contribution in [0.3, 0.4) is 0 Å². The van der Waals surface area contributed by atoms with Crippen LogP contribution in [0.2, 0.25) is 0 Å². The Morgan fingerprint density at radius 2 is 2.00 bits per heavy atom. The molecule has 0 aliphatic carbocycles. The number of ether oxygens (including phenoxy) is 2. The Labute approximate surface area is 171 Å². The molecule has 0 aliphatic rings. The van der Waals surface area contributed by atoms with Gasteiger partial charge in [0.05, 0.1) is 36.8 Å². The molecule has 0 saturated carbocycles. The third-order valence-corrected chi connectivity index (χ3v) is 5.72. The maximum absolute atomic E-state index is 12.7. The summed E-state index contributed by atoms with van der Waals surface area (Å²) in [4.78, 5) is 37.3. The number of carbonyl (C=O) groups excluding carboxylic acids is 3. The lowest BCUT2D eigenvalue weighted by Crippen LogP contribution is -2.16. The molecule has 3 aromatic rings. The number of Topliss-reactive ketones (excluding diaryl/α,β-unsaturated/α-hetero) is 1.